The Hall–Kier alpha value is -1.57. The van der Waals surface area contributed by atoms with E-state index in [0.29, 0.717) is 5.69 Å². The van der Waals surface area contributed by atoms with Crippen molar-refractivity contribution in [2.75, 3.05) is 5.73 Å². The van der Waals surface area contributed by atoms with Gasteiger partial charge in [-0.2, -0.15) is 5.10 Å². The summed E-state index contributed by atoms with van der Waals surface area (Å²) in [6.45, 7) is 0.154. The molecular formula is C10H11ClN4O2S. The SMILES string of the molecule is Nc1ccc(S(=O)(=O)NCc2cn[nH]c2)cc1Cl. The zero-order valence-electron chi connectivity index (χ0n) is 9.22. The van der Waals surface area contributed by atoms with Gasteiger partial charge in [0.15, 0.2) is 0 Å². The van der Waals surface area contributed by atoms with Crippen molar-refractivity contribution in [3.63, 3.8) is 0 Å². The second-order valence-corrected chi connectivity index (χ2v) is 5.79. The van der Waals surface area contributed by atoms with Crippen LogP contribution in [0.2, 0.25) is 5.02 Å². The van der Waals surface area contributed by atoms with Crippen LogP contribution in [0.15, 0.2) is 35.5 Å². The lowest BCUT2D eigenvalue weighted by Crippen LogP contribution is -2.23. The summed E-state index contributed by atoms with van der Waals surface area (Å²) >= 11 is 5.79. The number of hydrogen-bond donors (Lipinski definition) is 3. The summed E-state index contributed by atoms with van der Waals surface area (Å²) in [5.74, 6) is 0. The third-order valence-corrected chi connectivity index (χ3v) is 4.03. The molecule has 0 radical (unpaired) electrons. The highest BCUT2D eigenvalue weighted by molar-refractivity contribution is 7.89. The van der Waals surface area contributed by atoms with Crippen LogP contribution < -0.4 is 10.5 Å². The number of rotatable bonds is 4. The van der Waals surface area contributed by atoms with E-state index in [1.54, 1.807) is 12.4 Å². The number of anilines is 1. The first-order chi connectivity index (χ1) is 8.49. The average Bonchev–Trinajstić information content (AvgIpc) is 2.83. The molecule has 18 heavy (non-hydrogen) atoms. The number of hydrogen-bond acceptors (Lipinski definition) is 4. The number of benzene rings is 1. The van der Waals surface area contributed by atoms with E-state index in [2.05, 4.69) is 14.9 Å². The van der Waals surface area contributed by atoms with Gasteiger partial charge in [-0.25, -0.2) is 13.1 Å². The van der Waals surface area contributed by atoms with Crippen molar-refractivity contribution in [1.29, 1.82) is 0 Å². The highest BCUT2D eigenvalue weighted by Gasteiger charge is 2.15. The van der Waals surface area contributed by atoms with Gasteiger partial charge in [0.05, 0.1) is 21.8 Å². The molecule has 0 saturated carbocycles. The maximum atomic E-state index is 11.9. The molecule has 96 valence electrons. The fourth-order valence-corrected chi connectivity index (χ4v) is 2.60. The number of nitrogens with two attached hydrogens (primary N) is 1. The molecule has 0 aliphatic rings. The van der Waals surface area contributed by atoms with Gasteiger partial charge in [-0.1, -0.05) is 11.6 Å². The monoisotopic (exact) mass is 286 g/mol. The summed E-state index contributed by atoms with van der Waals surface area (Å²) in [5.41, 5.74) is 6.60. The van der Waals surface area contributed by atoms with Gasteiger partial charge in [0.1, 0.15) is 0 Å². The van der Waals surface area contributed by atoms with Crippen LogP contribution in [-0.4, -0.2) is 18.6 Å². The fourth-order valence-electron chi connectivity index (χ4n) is 1.31. The van der Waals surface area contributed by atoms with E-state index in [4.69, 9.17) is 17.3 Å². The molecule has 2 rings (SSSR count). The normalized spacial score (nSPS) is 11.6. The van der Waals surface area contributed by atoms with Crippen LogP contribution in [0.3, 0.4) is 0 Å². The van der Waals surface area contributed by atoms with Crippen molar-refractivity contribution in [3.05, 3.63) is 41.2 Å². The molecular weight excluding hydrogens is 276 g/mol. The molecule has 0 unspecified atom stereocenters. The number of nitrogen functional groups attached to an aromatic ring is 1. The molecule has 0 atom stereocenters. The van der Waals surface area contributed by atoms with Crippen LogP contribution in [0.5, 0.6) is 0 Å². The first-order valence-electron chi connectivity index (χ1n) is 5.01. The van der Waals surface area contributed by atoms with E-state index in [9.17, 15) is 8.42 Å². The molecule has 0 amide bonds. The van der Waals surface area contributed by atoms with Crippen molar-refractivity contribution >= 4 is 27.3 Å². The third kappa shape index (κ3) is 2.81. The topological polar surface area (TPSA) is 101 Å². The van der Waals surface area contributed by atoms with Crippen LogP contribution in [0.1, 0.15) is 5.56 Å². The van der Waals surface area contributed by atoms with E-state index >= 15 is 0 Å². The molecule has 8 heteroatoms. The first-order valence-corrected chi connectivity index (χ1v) is 6.87. The van der Waals surface area contributed by atoms with E-state index < -0.39 is 10.0 Å². The van der Waals surface area contributed by atoms with Crippen LogP contribution in [0, 0.1) is 0 Å². The zero-order chi connectivity index (χ0) is 13.2. The number of nitrogens with one attached hydrogen (secondary N) is 2. The molecule has 2 aromatic rings. The van der Waals surface area contributed by atoms with E-state index in [1.165, 1.54) is 18.2 Å². The summed E-state index contributed by atoms with van der Waals surface area (Å²) in [4.78, 5) is 0.0743. The molecule has 6 nitrogen and oxygen atoms in total. The standard InChI is InChI=1S/C10H11ClN4O2S/c11-9-3-8(1-2-10(9)12)18(16,17)15-6-7-4-13-14-5-7/h1-5,15H,6,12H2,(H,13,14). The Bertz CT molecular complexity index is 640. The predicted molar refractivity (Wildman–Crippen MR) is 68.5 cm³/mol. The van der Waals surface area contributed by atoms with Crippen molar-refractivity contribution < 1.29 is 8.42 Å². The number of H-pyrrole nitrogens is 1. The van der Waals surface area contributed by atoms with Crippen molar-refractivity contribution in [2.45, 2.75) is 11.4 Å². The molecule has 1 aromatic carbocycles. The Morgan fingerprint density at radius 1 is 1.44 bits per heavy atom. The summed E-state index contributed by atoms with van der Waals surface area (Å²) in [7, 11) is -3.61. The molecule has 4 N–H and O–H groups in total. The van der Waals surface area contributed by atoms with E-state index in [1.807, 2.05) is 0 Å². The molecule has 0 fully saturated rings. The van der Waals surface area contributed by atoms with Gasteiger partial charge >= 0.3 is 0 Å². The zero-order valence-corrected chi connectivity index (χ0v) is 10.8. The summed E-state index contributed by atoms with van der Waals surface area (Å²) < 4.78 is 26.3. The second-order valence-electron chi connectivity index (χ2n) is 3.61. The minimum absolute atomic E-state index is 0.0743. The van der Waals surface area contributed by atoms with Crippen molar-refractivity contribution in [2.24, 2.45) is 0 Å². The maximum absolute atomic E-state index is 11.9. The molecule has 0 spiro atoms. The summed E-state index contributed by atoms with van der Waals surface area (Å²) in [6, 6.07) is 4.17. The van der Waals surface area contributed by atoms with Gasteiger partial charge in [0, 0.05) is 18.3 Å². The maximum Gasteiger partial charge on any atom is 0.240 e. The van der Waals surface area contributed by atoms with Gasteiger partial charge in [-0.3, -0.25) is 5.10 Å². The van der Waals surface area contributed by atoms with Crippen molar-refractivity contribution in [3.8, 4) is 0 Å². The van der Waals surface area contributed by atoms with Crippen LogP contribution in [-0.2, 0) is 16.6 Å². The Morgan fingerprint density at radius 3 is 2.83 bits per heavy atom. The summed E-state index contributed by atoms with van der Waals surface area (Å²) in [5, 5.41) is 6.53. The second kappa shape index (κ2) is 4.97. The van der Waals surface area contributed by atoms with Crippen LogP contribution >= 0.6 is 11.6 Å². The number of halogens is 1. The van der Waals surface area contributed by atoms with Gasteiger partial charge in [-0.05, 0) is 18.2 Å². The highest BCUT2D eigenvalue weighted by atomic mass is 35.5. The van der Waals surface area contributed by atoms with E-state index in [0.717, 1.165) is 5.56 Å². The smallest absolute Gasteiger partial charge is 0.240 e. The molecule has 0 aliphatic carbocycles. The fraction of sp³-hybridized carbons (Fsp3) is 0.100. The minimum atomic E-state index is -3.61. The number of aromatic amines is 1. The number of nitrogens with zero attached hydrogens (tertiary/aromatic N) is 1. The van der Waals surface area contributed by atoms with Crippen molar-refractivity contribution in [1.82, 2.24) is 14.9 Å². The lowest BCUT2D eigenvalue weighted by atomic mass is 10.3. The Morgan fingerprint density at radius 2 is 2.22 bits per heavy atom. The van der Waals surface area contributed by atoms with Crippen LogP contribution in [0.4, 0.5) is 5.69 Å². The Labute approximate surface area is 109 Å². The Kier molecular flexibility index (Phi) is 3.55. The molecule has 1 heterocycles. The average molecular weight is 287 g/mol. The minimum Gasteiger partial charge on any atom is -0.398 e. The molecule has 0 saturated heterocycles. The van der Waals surface area contributed by atoms with Crippen LogP contribution in [0.25, 0.3) is 0 Å². The summed E-state index contributed by atoms with van der Waals surface area (Å²) in [6.07, 6.45) is 3.15. The molecule has 1 aromatic heterocycles. The number of sulfonamides is 1. The first kappa shape index (κ1) is 12.9. The third-order valence-electron chi connectivity index (χ3n) is 2.30. The predicted octanol–water partition coefficient (Wildman–Crippen LogP) is 1.12. The van der Waals surface area contributed by atoms with Gasteiger partial charge in [0.25, 0.3) is 0 Å². The van der Waals surface area contributed by atoms with E-state index in [-0.39, 0.29) is 16.5 Å². The highest BCUT2D eigenvalue weighted by Crippen LogP contribution is 2.22. The van der Waals surface area contributed by atoms with Gasteiger partial charge in [-0.15, -0.1) is 0 Å². The quantitative estimate of drug-likeness (QED) is 0.733. The largest absolute Gasteiger partial charge is 0.398 e. The number of aromatic nitrogens is 2. The lowest BCUT2D eigenvalue weighted by Gasteiger charge is -2.06. The molecule has 0 aliphatic heterocycles. The molecule has 0 bridgehead atoms. The lowest BCUT2D eigenvalue weighted by molar-refractivity contribution is 0.581. The van der Waals surface area contributed by atoms with Gasteiger partial charge in [0.2, 0.25) is 10.0 Å². The van der Waals surface area contributed by atoms with Gasteiger partial charge < -0.3 is 5.73 Å². The Balaban J connectivity index is 2.17.